The number of nitrogens with one attached hydrogen (secondary N) is 1. The molecule has 1 N–H and O–H groups in total. The van der Waals surface area contributed by atoms with Crippen LogP contribution in [0.4, 0.5) is 0 Å². The zero-order valence-electron chi connectivity index (χ0n) is 6.19. The molecule has 0 spiro atoms. The van der Waals surface area contributed by atoms with Crippen LogP contribution in [0.25, 0.3) is 10.9 Å². The maximum atomic E-state index is 3.46. The maximum Gasteiger partial charge on any atom is 0.0468 e. The minimum atomic E-state index is 1.13. The van der Waals surface area contributed by atoms with Crippen LogP contribution in [0, 0.1) is 6.92 Å². The molecule has 11 heavy (non-hydrogen) atoms. The molecular weight excluding hydrogens is 202 g/mol. The standard InChI is InChI=1S/C9H8BrN/c1-6-2-3-7-8(10)5-11-9(7)4-6/h2-5,11H,1H3. The van der Waals surface area contributed by atoms with Crippen LogP contribution < -0.4 is 0 Å². The van der Waals surface area contributed by atoms with Gasteiger partial charge in [-0.1, -0.05) is 12.1 Å². The van der Waals surface area contributed by atoms with Gasteiger partial charge in [0, 0.05) is 21.6 Å². The van der Waals surface area contributed by atoms with Gasteiger partial charge in [0.25, 0.3) is 0 Å². The molecule has 1 nitrogen and oxygen atoms in total. The van der Waals surface area contributed by atoms with Crippen molar-refractivity contribution in [1.29, 1.82) is 0 Å². The minimum Gasteiger partial charge on any atom is -0.360 e. The first-order chi connectivity index (χ1) is 5.27. The molecule has 1 aromatic carbocycles. The summed E-state index contributed by atoms with van der Waals surface area (Å²) in [6, 6.07) is 6.37. The van der Waals surface area contributed by atoms with E-state index >= 15 is 0 Å². The first-order valence-electron chi connectivity index (χ1n) is 3.50. The Morgan fingerprint density at radius 1 is 1.36 bits per heavy atom. The largest absolute Gasteiger partial charge is 0.360 e. The van der Waals surface area contributed by atoms with E-state index in [1.54, 1.807) is 0 Å². The van der Waals surface area contributed by atoms with Crippen molar-refractivity contribution >= 4 is 26.8 Å². The van der Waals surface area contributed by atoms with E-state index in [1.807, 2.05) is 6.20 Å². The van der Waals surface area contributed by atoms with E-state index < -0.39 is 0 Å². The van der Waals surface area contributed by atoms with Crippen molar-refractivity contribution in [3.8, 4) is 0 Å². The summed E-state index contributed by atoms with van der Waals surface area (Å²) < 4.78 is 1.13. The molecule has 2 rings (SSSR count). The number of rotatable bonds is 0. The highest BCUT2D eigenvalue weighted by Crippen LogP contribution is 2.23. The molecule has 2 aromatic rings. The van der Waals surface area contributed by atoms with Gasteiger partial charge in [0.2, 0.25) is 0 Å². The Morgan fingerprint density at radius 3 is 3.00 bits per heavy atom. The van der Waals surface area contributed by atoms with Gasteiger partial charge in [-0.25, -0.2) is 0 Å². The van der Waals surface area contributed by atoms with E-state index in [0.717, 1.165) is 4.47 Å². The third kappa shape index (κ3) is 1.07. The first-order valence-corrected chi connectivity index (χ1v) is 4.30. The lowest BCUT2D eigenvalue weighted by Gasteiger charge is -1.91. The molecule has 0 atom stereocenters. The Morgan fingerprint density at radius 2 is 2.18 bits per heavy atom. The van der Waals surface area contributed by atoms with Crippen molar-refractivity contribution in [3.05, 3.63) is 34.4 Å². The summed E-state index contributed by atoms with van der Waals surface area (Å²) in [7, 11) is 0. The predicted octanol–water partition coefficient (Wildman–Crippen LogP) is 3.24. The number of aromatic amines is 1. The second-order valence-electron chi connectivity index (χ2n) is 2.69. The quantitative estimate of drug-likeness (QED) is 0.686. The van der Waals surface area contributed by atoms with E-state index in [1.165, 1.54) is 16.5 Å². The number of fused-ring (bicyclic) bond motifs is 1. The summed E-state index contributed by atoms with van der Waals surface area (Å²) >= 11 is 3.46. The molecule has 1 heterocycles. The van der Waals surface area contributed by atoms with Gasteiger partial charge in [-0.3, -0.25) is 0 Å². The number of hydrogen-bond acceptors (Lipinski definition) is 0. The SMILES string of the molecule is Cc1ccc2c(Br)c[nH]c2c1. The van der Waals surface area contributed by atoms with Crippen molar-refractivity contribution in [1.82, 2.24) is 4.98 Å². The Balaban J connectivity index is 2.86. The van der Waals surface area contributed by atoms with Gasteiger partial charge in [-0.2, -0.15) is 0 Å². The van der Waals surface area contributed by atoms with Gasteiger partial charge >= 0.3 is 0 Å². The van der Waals surface area contributed by atoms with Crippen LogP contribution in [0.3, 0.4) is 0 Å². The smallest absolute Gasteiger partial charge is 0.0468 e. The Labute approximate surface area is 73.6 Å². The van der Waals surface area contributed by atoms with Crippen molar-refractivity contribution < 1.29 is 0 Å². The van der Waals surface area contributed by atoms with Crippen molar-refractivity contribution in [2.45, 2.75) is 6.92 Å². The molecule has 56 valence electrons. The van der Waals surface area contributed by atoms with Gasteiger partial charge in [-0.15, -0.1) is 0 Å². The molecule has 2 heteroatoms. The first kappa shape index (κ1) is 6.92. The average Bonchev–Trinajstić information content (AvgIpc) is 2.32. The van der Waals surface area contributed by atoms with Crippen molar-refractivity contribution in [2.24, 2.45) is 0 Å². The van der Waals surface area contributed by atoms with E-state index in [-0.39, 0.29) is 0 Å². The van der Waals surface area contributed by atoms with E-state index in [0.29, 0.717) is 0 Å². The summed E-state index contributed by atoms with van der Waals surface area (Å²) in [5.74, 6) is 0. The zero-order chi connectivity index (χ0) is 7.84. The van der Waals surface area contributed by atoms with Crippen LogP contribution in [0.1, 0.15) is 5.56 Å². The fraction of sp³-hybridized carbons (Fsp3) is 0.111. The van der Waals surface area contributed by atoms with Crippen molar-refractivity contribution in [3.63, 3.8) is 0 Å². The highest BCUT2D eigenvalue weighted by molar-refractivity contribution is 9.10. The molecule has 0 amide bonds. The summed E-state index contributed by atoms with van der Waals surface area (Å²) in [5.41, 5.74) is 2.48. The molecule has 0 aliphatic carbocycles. The Bertz CT molecular complexity index is 389. The van der Waals surface area contributed by atoms with Crippen LogP contribution in [0.5, 0.6) is 0 Å². The number of H-pyrrole nitrogens is 1. The lowest BCUT2D eigenvalue weighted by Crippen LogP contribution is -1.70. The predicted molar refractivity (Wildman–Crippen MR) is 50.7 cm³/mol. The van der Waals surface area contributed by atoms with E-state index in [2.05, 4.69) is 46.0 Å². The second-order valence-corrected chi connectivity index (χ2v) is 3.54. The molecule has 0 radical (unpaired) electrons. The van der Waals surface area contributed by atoms with Gasteiger partial charge in [-0.05, 0) is 34.5 Å². The molecule has 0 aliphatic rings. The number of halogens is 1. The average molecular weight is 210 g/mol. The van der Waals surface area contributed by atoms with Crippen LogP contribution in [0.15, 0.2) is 28.9 Å². The molecule has 0 unspecified atom stereocenters. The molecule has 0 saturated heterocycles. The molecule has 0 aliphatic heterocycles. The summed E-state index contributed by atoms with van der Waals surface area (Å²) in [5, 5.41) is 1.25. The van der Waals surface area contributed by atoms with E-state index in [9.17, 15) is 0 Å². The second kappa shape index (κ2) is 2.38. The van der Waals surface area contributed by atoms with Gasteiger partial charge in [0.15, 0.2) is 0 Å². The van der Waals surface area contributed by atoms with Crippen LogP contribution >= 0.6 is 15.9 Å². The van der Waals surface area contributed by atoms with Gasteiger partial charge in [0.1, 0.15) is 0 Å². The fourth-order valence-electron chi connectivity index (χ4n) is 1.20. The summed E-state index contributed by atoms with van der Waals surface area (Å²) in [6.45, 7) is 2.09. The highest BCUT2D eigenvalue weighted by atomic mass is 79.9. The van der Waals surface area contributed by atoms with Gasteiger partial charge in [0.05, 0.1) is 0 Å². The van der Waals surface area contributed by atoms with Gasteiger partial charge < -0.3 is 4.98 Å². The molecule has 0 saturated carbocycles. The monoisotopic (exact) mass is 209 g/mol. The van der Waals surface area contributed by atoms with Crippen LogP contribution in [-0.4, -0.2) is 4.98 Å². The molecular formula is C9H8BrN. The summed E-state index contributed by atoms with van der Waals surface area (Å²) in [4.78, 5) is 3.18. The molecule has 0 bridgehead atoms. The number of aryl methyl sites for hydroxylation is 1. The normalized spacial score (nSPS) is 10.7. The highest BCUT2D eigenvalue weighted by Gasteiger charge is 1.98. The zero-order valence-corrected chi connectivity index (χ0v) is 7.77. The topological polar surface area (TPSA) is 15.8 Å². The Hall–Kier alpha value is -0.760. The van der Waals surface area contributed by atoms with Crippen molar-refractivity contribution in [2.75, 3.05) is 0 Å². The lowest BCUT2D eigenvalue weighted by atomic mass is 10.2. The third-order valence-electron chi connectivity index (χ3n) is 1.79. The molecule has 1 aromatic heterocycles. The number of benzene rings is 1. The molecule has 0 fully saturated rings. The minimum absolute atomic E-state index is 1.13. The number of hydrogen-bond donors (Lipinski definition) is 1. The number of aromatic nitrogens is 1. The summed E-state index contributed by atoms with van der Waals surface area (Å²) in [6.07, 6.45) is 1.96. The van der Waals surface area contributed by atoms with E-state index in [4.69, 9.17) is 0 Å². The van der Waals surface area contributed by atoms with Crippen LogP contribution in [-0.2, 0) is 0 Å². The lowest BCUT2D eigenvalue weighted by molar-refractivity contribution is 1.44. The maximum absolute atomic E-state index is 3.46. The Kier molecular flexibility index (Phi) is 1.50. The van der Waals surface area contributed by atoms with Crippen LogP contribution in [0.2, 0.25) is 0 Å². The third-order valence-corrected chi connectivity index (χ3v) is 2.44. The fourth-order valence-corrected chi connectivity index (χ4v) is 1.66.